The van der Waals surface area contributed by atoms with E-state index in [0.717, 1.165) is 18.4 Å². The lowest BCUT2D eigenvalue weighted by molar-refractivity contribution is 0.609. The van der Waals surface area contributed by atoms with E-state index in [1.807, 2.05) is 0 Å². The summed E-state index contributed by atoms with van der Waals surface area (Å²) in [7, 11) is 4.17. The molecule has 21 heavy (non-hydrogen) atoms. The molecule has 0 N–H and O–H groups in total. The first-order chi connectivity index (χ1) is 10.2. The standard InChI is InChI=1S/C19H24N2/c1-4-18-17(14-8-6-5-7-9-14)13-15-12-16(21(2)3)10-11-19(15)20-18/h5-6,10-14H,4,7-9H2,1-3H3. The van der Waals surface area contributed by atoms with Crippen LogP contribution in [-0.2, 0) is 6.42 Å². The second-order valence-electron chi connectivity index (χ2n) is 6.13. The minimum atomic E-state index is 0.643. The van der Waals surface area contributed by atoms with Crippen LogP contribution in [0.2, 0.25) is 0 Å². The van der Waals surface area contributed by atoms with Crippen LogP contribution in [0.25, 0.3) is 10.9 Å². The van der Waals surface area contributed by atoms with Crippen molar-refractivity contribution in [3.8, 4) is 0 Å². The Balaban J connectivity index is 2.10. The van der Waals surface area contributed by atoms with E-state index in [4.69, 9.17) is 4.98 Å². The van der Waals surface area contributed by atoms with E-state index in [0.29, 0.717) is 5.92 Å². The van der Waals surface area contributed by atoms with Crippen LogP contribution in [0.3, 0.4) is 0 Å². The highest BCUT2D eigenvalue weighted by Crippen LogP contribution is 2.33. The Kier molecular flexibility index (Phi) is 3.96. The van der Waals surface area contributed by atoms with E-state index in [1.54, 1.807) is 0 Å². The average molecular weight is 280 g/mol. The first-order valence-corrected chi connectivity index (χ1v) is 7.95. The molecule has 0 radical (unpaired) electrons. The number of aromatic nitrogens is 1. The van der Waals surface area contributed by atoms with Gasteiger partial charge in [-0.3, -0.25) is 4.98 Å². The van der Waals surface area contributed by atoms with Crippen molar-refractivity contribution in [2.45, 2.75) is 38.5 Å². The zero-order valence-corrected chi connectivity index (χ0v) is 13.3. The summed E-state index contributed by atoms with van der Waals surface area (Å²) in [4.78, 5) is 7.08. The summed E-state index contributed by atoms with van der Waals surface area (Å²) in [6, 6.07) is 8.94. The van der Waals surface area contributed by atoms with Crippen LogP contribution < -0.4 is 4.90 Å². The minimum Gasteiger partial charge on any atom is -0.378 e. The van der Waals surface area contributed by atoms with E-state index < -0.39 is 0 Å². The summed E-state index contributed by atoms with van der Waals surface area (Å²) in [5, 5.41) is 1.27. The van der Waals surface area contributed by atoms with Crippen molar-refractivity contribution in [2.24, 2.45) is 0 Å². The monoisotopic (exact) mass is 280 g/mol. The lowest BCUT2D eigenvalue weighted by atomic mass is 9.85. The van der Waals surface area contributed by atoms with Crippen molar-refractivity contribution >= 4 is 16.6 Å². The summed E-state index contributed by atoms with van der Waals surface area (Å²) in [5.74, 6) is 0.643. The van der Waals surface area contributed by atoms with Gasteiger partial charge in [0.05, 0.1) is 5.52 Å². The Morgan fingerprint density at radius 3 is 2.71 bits per heavy atom. The molecule has 3 rings (SSSR count). The molecule has 0 aliphatic heterocycles. The number of anilines is 1. The Labute approximate surface area is 127 Å². The number of hydrogen-bond acceptors (Lipinski definition) is 2. The van der Waals surface area contributed by atoms with Gasteiger partial charge in [0.2, 0.25) is 0 Å². The molecule has 1 aliphatic carbocycles. The Morgan fingerprint density at radius 1 is 1.19 bits per heavy atom. The Bertz CT molecular complexity index is 671. The van der Waals surface area contributed by atoms with Crippen LogP contribution in [0.4, 0.5) is 5.69 Å². The van der Waals surface area contributed by atoms with E-state index in [-0.39, 0.29) is 0 Å². The second-order valence-corrected chi connectivity index (χ2v) is 6.13. The van der Waals surface area contributed by atoms with Crippen LogP contribution >= 0.6 is 0 Å². The third-order valence-electron chi connectivity index (χ3n) is 4.47. The van der Waals surface area contributed by atoms with Crippen molar-refractivity contribution in [3.05, 3.63) is 47.7 Å². The maximum absolute atomic E-state index is 4.93. The zero-order chi connectivity index (χ0) is 14.8. The molecule has 2 heteroatoms. The topological polar surface area (TPSA) is 16.1 Å². The van der Waals surface area contributed by atoms with E-state index in [9.17, 15) is 0 Å². The molecule has 1 unspecified atom stereocenters. The summed E-state index contributed by atoms with van der Waals surface area (Å²) < 4.78 is 0. The van der Waals surface area contributed by atoms with Gasteiger partial charge in [0.25, 0.3) is 0 Å². The summed E-state index contributed by atoms with van der Waals surface area (Å²) in [6.07, 6.45) is 9.26. The molecule has 1 aliphatic rings. The van der Waals surface area contributed by atoms with E-state index >= 15 is 0 Å². The van der Waals surface area contributed by atoms with Crippen molar-refractivity contribution in [2.75, 3.05) is 19.0 Å². The largest absolute Gasteiger partial charge is 0.378 e. The number of hydrogen-bond donors (Lipinski definition) is 0. The molecule has 0 amide bonds. The number of benzene rings is 1. The van der Waals surface area contributed by atoms with Gasteiger partial charge in [0.15, 0.2) is 0 Å². The highest BCUT2D eigenvalue weighted by atomic mass is 15.1. The molecule has 2 nitrogen and oxygen atoms in total. The molecule has 1 heterocycles. The molecule has 1 aromatic carbocycles. The lowest BCUT2D eigenvalue weighted by Gasteiger charge is -2.21. The predicted octanol–water partition coefficient (Wildman–Crippen LogP) is 4.69. The van der Waals surface area contributed by atoms with Crippen LogP contribution in [-0.4, -0.2) is 19.1 Å². The van der Waals surface area contributed by atoms with Crippen molar-refractivity contribution in [1.82, 2.24) is 4.98 Å². The SMILES string of the molecule is CCc1nc2ccc(N(C)C)cc2cc1C1CC=CCC1. The Morgan fingerprint density at radius 2 is 2.05 bits per heavy atom. The van der Waals surface area contributed by atoms with Crippen molar-refractivity contribution in [3.63, 3.8) is 0 Å². The number of rotatable bonds is 3. The fraction of sp³-hybridized carbons (Fsp3) is 0.421. The molecule has 0 saturated heterocycles. The van der Waals surface area contributed by atoms with Crippen LogP contribution in [0, 0.1) is 0 Å². The second kappa shape index (κ2) is 5.88. The third-order valence-corrected chi connectivity index (χ3v) is 4.47. The third kappa shape index (κ3) is 2.80. The molecule has 110 valence electrons. The van der Waals surface area contributed by atoms with Gasteiger partial charge in [-0.25, -0.2) is 0 Å². The Hall–Kier alpha value is -1.83. The molecule has 0 saturated carbocycles. The van der Waals surface area contributed by atoms with Crippen LogP contribution in [0.15, 0.2) is 36.4 Å². The quantitative estimate of drug-likeness (QED) is 0.758. The van der Waals surface area contributed by atoms with Gasteiger partial charge in [-0.15, -0.1) is 0 Å². The maximum atomic E-state index is 4.93. The lowest BCUT2D eigenvalue weighted by Crippen LogP contribution is -2.09. The summed E-state index contributed by atoms with van der Waals surface area (Å²) in [5.41, 5.74) is 5.10. The highest BCUT2D eigenvalue weighted by molar-refractivity contribution is 5.83. The maximum Gasteiger partial charge on any atom is 0.0707 e. The summed E-state index contributed by atoms with van der Waals surface area (Å²) >= 11 is 0. The van der Waals surface area contributed by atoms with Gasteiger partial charge in [-0.1, -0.05) is 19.1 Å². The number of allylic oxidation sites excluding steroid dienone is 2. The van der Waals surface area contributed by atoms with E-state index in [1.165, 1.54) is 35.2 Å². The fourth-order valence-electron chi connectivity index (χ4n) is 3.21. The number of nitrogens with zero attached hydrogens (tertiary/aromatic N) is 2. The number of pyridine rings is 1. The molecular formula is C19H24N2. The average Bonchev–Trinajstić information content (AvgIpc) is 2.53. The van der Waals surface area contributed by atoms with Gasteiger partial charge in [-0.2, -0.15) is 0 Å². The van der Waals surface area contributed by atoms with Crippen LogP contribution in [0.1, 0.15) is 43.4 Å². The van der Waals surface area contributed by atoms with E-state index in [2.05, 4.69) is 62.3 Å². The summed E-state index contributed by atoms with van der Waals surface area (Å²) in [6.45, 7) is 2.21. The highest BCUT2D eigenvalue weighted by Gasteiger charge is 2.17. The fourth-order valence-corrected chi connectivity index (χ4v) is 3.21. The normalized spacial score (nSPS) is 18.1. The molecule has 0 spiro atoms. The smallest absolute Gasteiger partial charge is 0.0707 e. The van der Waals surface area contributed by atoms with Crippen molar-refractivity contribution < 1.29 is 0 Å². The van der Waals surface area contributed by atoms with Gasteiger partial charge in [-0.05, 0) is 61.4 Å². The number of fused-ring (bicyclic) bond motifs is 1. The number of aryl methyl sites for hydroxylation is 1. The molecule has 0 fully saturated rings. The van der Waals surface area contributed by atoms with Gasteiger partial charge >= 0.3 is 0 Å². The van der Waals surface area contributed by atoms with Crippen LogP contribution in [0.5, 0.6) is 0 Å². The molecular weight excluding hydrogens is 256 g/mol. The first kappa shape index (κ1) is 14.1. The zero-order valence-electron chi connectivity index (χ0n) is 13.3. The van der Waals surface area contributed by atoms with Crippen molar-refractivity contribution in [1.29, 1.82) is 0 Å². The molecule has 0 bridgehead atoms. The minimum absolute atomic E-state index is 0.643. The van der Waals surface area contributed by atoms with Gasteiger partial charge in [0.1, 0.15) is 0 Å². The molecule has 1 aromatic heterocycles. The van der Waals surface area contributed by atoms with Gasteiger partial charge < -0.3 is 4.90 Å². The molecule has 1 atom stereocenters. The molecule has 2 aromatic rings. The predicted molar refractivity (Wildman–Crippen MR) is 91.2 cm³/mol. The van der Waals surface area contributed by atoms with Gasteiger partial charge in [0, 0.05) is 30.9 Å². The first-order valence-electron chi connectivity index (χ1n) is 7.95.